The Hall–Kier alpha value is -0.840. The van der Waals surface area contributed by atoms with Gasteiger partial charge in [0, 0.05) is 7.05 Å². The largest absolute Gasteiger partial charge is 0.447 e. The molecule has 0 spiro atoms. The van der Waals surface area contributed by atoms with Gasteiger partial charge in [0.15, 0.2) is 5.11 Å². The molecule has 0 aliphatic carbocycles. The number of thiocarbonyl (C=S) groups is 1. The maximum Gasteiger partial charge on any atom is 0.413 e. The zero-order valence-electron chi connectivity index (χ0n) is 6.80. The molecule has 0 aliphatic heterocycles. The Morgan fingerprint density at radius 2 is 2.09 bits per heavy atom. The van der Waals surface area contributed by atoms with Crippen molar-refractivity contribution >= 4 is 23.4 Å². The average Bonchev–Trinajstić information content (AvgIpc) is 1.85. The molecule has 0 saturated heterocycles. The normalized spacial score (nSPS) is 9.09. The Morgan fingerprint density at radius 3 is 2.45 bits per heavy atom. The molecular formula is C6H12N2O2S. The van der Waals surface area contributed by atoms with Crippen LogP contribution in [0.15, 0.2) is 0 Å². The topological polar surface area (TPSA) is 50.4 Å². The standard InChI is InChI=1S/C6H12N2O2S/c1-4(2)10-6(9)8-5(11)7-3/h4H,1-3H3,(H2,7,8,9,11). The van der Waals surface area contributed by atoms with Gasteiger partial charge in [-0.25, -0.2) is 4.79 Å². The molecule has 4 nitrogen and oxygen atoms in total. The van der Waals surface area contributed by atoms with Gasteiger partial charge in [-0.3, -0.25) is 5.32 Å². The predicted octanol–water partition coefficient (Wildman–Crippen LogP) is 0.625. The Bertz CT molecular complexity index is 159. The van der Waals surface area contributed by atoms with Crippen molar-refractivity contribution in [2.24, 2.45) is 0 Å². The SMILES string of the molecule is CNC(=S)NC(=O)OC(C)C. The summed E-state index contributed by atoms with van der Waals surface area (Å²) in [5.41, 5.74) is 0. The van der Waals surface area contributed by atoms with Gasteiger partial charge in [-0.15, -0.1) is 0 Å². The molecule has 0 aromatic heterocycles. The Balaban J connectivity index is 3.61. The van der Waals surface area contributed by atoms with Crippen LogP contribution < -0.4 is 10.6 Å². The van der Waals surface area contributed by atoms with Crippen molar-refractivity contribution in [2.75, 3.05) is 7.05 Å². The molecule has 0 rings (SSSR count). The monoisotopic (exact) mass is 176 g/mol. The summed E-state index contributed by atoms with van der Waals surface area (Å²) in [6.45, 7) is 3.53. The summed E-state index contributed by atoms with van der Waals surface area (Å²) in [5, 5.41) is 5.17. The van der Waals surface area contributed by atoms with Gasteiger partial charge >= 0.3 is 6.09 Å². The van der Waals surface area contributed by atoms with Gasteiger partial charge in [0.2, 0.25) is 0 Å². The van der Waals surface area contributed by atoms with Crippen LogP contribution in [0.25, 0.3) is 0 Å². The highest BCUT2D eigenvalue weighted by molar-refractivity contribution is 7.80. The maximum atomic E-state index is 10.8. The van der Waals surface area contributed by atoms with Crippen LogP contribution >= 0.6 is 12.2 Å². The van der Waals surface area contributed by atoms with Crippen molar-refractivity contribution in [3.8, 4) is 0 Å². The molecular weight excluding hydrogens is 164 g/mol. The average molecular weight is 176 g/mol. The number of amides is 1. The van der Waals surface area contributed by atoms with E-state index < -0.39 is 6.09 Å². The second-order valence-electron chi connectivity index (χ2n) is 2.16. The number of rotatable bonds is 1. The van der Waals surface area contributed by atoms with E-state index in [1.54, 1.807) is 20.9 Å². The fourth-order valence-electron chi connectivity index (χ4n) is 0.399. The van der Waals surface area contributed by atoms with E-state index in [1.165, 1.54) is 0 Å². The fourth-order valence-corrected chi connectivity index (χ4v) is 0.482. The summed E-state index contributed by atoms with van der Waals surface area (Å²) in [5.74, 6) is 0. The Labute approximate surface area is 71.3 Å². The minimum Gasteiger partial charge on any atom is -0.447 e. The summed E-state index contributed by atoms with van der Waals surface area (Å²) in [4.78, 5) is 10.8. The van der Waals surface area contributed by atoms with E-state index in [-0.39, 0.29) is 11.2 Å². The van der Waals surface area contributed by atoms with Crippen LogP contribution in [0.4, 0.5) is 4.79 Å². The number of carbonyl (C=O) groups is 1. The van der Waals surface area contributed by atoms with E-state index >= 15 is 0 Å². The smallest absolute Gasteiger partial charge is 0.413 e. The summed E-state index contributed by atoms with van der Waals surface area (Å²) in [7, 11) is 1.62. The fraction of sp³-hybridized carbons (Fsp3) is 0.667. The van der Waals surface area contributed by atoms with Crippen LogP contribution in [0.3, 0.4) is 0 Å². The zero-order chi connectivity index (χ0) is 8.85. The van der Waals surface area contributed by atoms with E-state index in [1.807, 2.05) is 0 Å². The lowest BCUT2D eigenvalue weighted by molar-refractivity contribution is 0.120. The molecule has 0 fully saturated rings. The second kappa shape index (κ2) is 4.90. The van der Waals surface area contributed by atoms with Crippen molar-refractivity contribution in [1.29, 1.82) is 0 Å². The number of carbonyl (C=O) groups excluding carboxylic acids is 1. The van der Waals surface area contributed by atoms with E-state index in [2.05, 4.69) is 22.9 Å². The summed E-state index contributed by atoms with van der Waals surface area (Å²) in [6, 6.07) is 0. The first-order chi connectivity index (χ1) is 5.06. The van der Waals surface area contributed by atoms with E-state index in [9.17, 15) is 4.79 Å². The number of ether oxygens (including phenoxy) is 1. The van der Waals surface area contributed by atoms with Crippen LogP contribution in [0.5, 0.6) is 0 Å². The third-order valence-electron chi connectivity index (χ3n) is 0.785. The predicted molar refractivity (Wildman–Crippen MR) is 46.4 cm³/mol. The molecule has 0 aromatic rings. The van der Waals surface area contributed by atoms with Crippen LogP contribution in [0.1, 0.15) is 13.8 Å². The van der Waals surface area contributed by atoms with Crippen molar-refractivity contribution in [3.63, 3.8) is 0 Å². The Kier molecular flexibility index (Phi) is 4.52. The maximum absolute atomic E-state index is 10.8. The van der Waals surface area contributed by atoms with Gasteiger partial charge in [-0.1, -0.05) is 0 Å². The van der Waals surface area contributed by atoms with Crippen LogP contribution in [0, 0.1) is 0 Å². The van der Waals surface area contributed by atoms with E-state index in [4.69, 9.17) is 4.74 Å². The molecule has 0 radical (unpaired) electrons. The van der Waals surface area contributed by atoms with Crippen LogP contribution in [-0.4, -0.2) is 24.4 Å². The molecule has 0 unspecified atom stereocenters. The second-order valence-corrected chi connectivity index (χ2v) is 2.57. The minimum atomic E-state index is -0.528. The number of nitrogens with one attached hydrogen (secondary N) is 2. The molecule has 11 heavy (non-hydrogen) atoms. The third kappa shape index (κ3) is 5.60. The highest BCUT2D eigenvalue weighted by atomic mass is 32.1. The molecule has 0 aliphatic rings. The van der Waals surface area contributed by atoms with Crippen LogP contribution in [-0.2, 0) is 4.74 Å². The molecule has 0 saturated carbocycles. The van der Waals surface area contributed by atoms with E-state index in [0.717, 1.165) is 0 Å². The highest BCUT2D eigenvalue weighted by Crippen LogP contribution is 1.87. The quantitative estimate of drug-likeness (QED) is 0.575. The first kappa shape index (κ1) is 10.2. The van der Waals surface area contributed by atoms with Crippen molar-refractivity contribution in [1.82, 2.24) is 10.6 Å². The summed E-state index contributed by atoms with van der Waals surface area (Å²) in [6.07, 6.45) is -0.658. The number of hydrogen-bond acceptors (Lipinski definition) is 3. The van der Waals surface area contributed by atoms with Crippen molar-refractivity contribution < 1.29 is 9.53 Å². The lowest BCUT2D eigenvalue weighted by Crippen LogP contribution is -2.38. The van der Waals surface area contributed by atoms with Gasteiger partial charge in [-0.05, 0) is 26.1 Å². The molecule has 64 valence electrons. The molecule has 1 amide bonds. The molecule has 0 heterocycles. The lowest BCUT2D eigenvalue weighted by Gasteiger charge is -2.09. The van der Waals surface area contributed by atoms with Gasteiger partial charge in [-0.2, -0.15) is 0 Å². The minimum absolute atomic E-state index is 0.130. The van der Waals surface area contributed by atoms with Gasteiger partial charge < -0.3 is 10.1 Å². The molecule has 2 N–H and O–H groups in total. The first-order valence-electron chi connectivity index (χ1n) is 3.25. The van der Waals surface area contributed by atoms with Gasteiger partial charge in [0.05, 0.1) is 6.10 Å². The summed E-state index contributed by atoms with van der Waals surface area (Å²) >= 11 is 4.66. The van der Waals surface area contributed by atoms with Crippen molar-refractivity contribution in [3.05, 3.63) is 0 Å². The first-order valence-corrected chi connectivity index (χ1v) is 3.66. The van der Waals surface area contributed by atoms with Gasteiger partial charge in [0.25, 0.3) is 0 Å². The zero-order valence-corrected chi connectivity index (χ0v) is 7.62. The molecule has 0 bridgehead atoms. The molecule has 5 heteroatoms. The third-order valence-corrected chi connectivity index (χ3v) is 1.09. The highest BCUT2D eigenvalue weighted by Gasteiger charge is 2.04. The van der Waals surface area contributed by atoms with E-state index in [0.29, 0.717) is 0 Å². The van der Waals surface area contributed by atoms with Gasteiger partial charge in [0.1, 0.15) is 0 Å². The number of hydrogen-bond donors (Lipinski definition) is 2. The molecule has 0 atom stereocenters. The summed E-state index contributed by atoms with van der Waals surface area (Å²) < 4.78 is 4.75. The lowest BCUT2D eigenvalue weighted by atomic mass is 10.5. The Morgan fingerprint density at radius 1 is 1.55 bits per heavy atom. The van der Waals surface area contributed by atoms with Crippen LogP contribution in [0.2, 0.25) is 0 Å². The molecule has 0 aromatic carbocycles. The number of alkyl carbamates (subject to hydrolysis) is 1. The van der Waals surface area contributed by atoms with Crippen molar-refractivity contribution in [2.45, 2.75) is 20.0 Å².